The van der Waals surface area contributed by atoms with E-state index in [0.717, 1.165) is 41.5 Å². The molecule has 0 aliphatic carbocycles. The van der Waals surface area contributed by atoms with Crippen molar-refractivity contribution in [1.29, 1.82) is 10.8 Å². The van der Waals surface area contributed by atoms with E-state index < -0.39 is 157 Å². The predicted molar refractivity (Wildman–Crippen MR) is 477 cm³/mol. The molecule has 0 saturated carbocycles. The molecule has 125 heavy (non-hydrogen) atoms. The number of primary amides is 1. The summed E-state index contributed by atoms with van der Waals surface area (Å²) in [5, 5.41) is 68.7. The standard InChI is InChI=1S/C87H132N22O15S/c1-3-4-5-6-7-8-9-10-11-12-13-14-15-26-41-95-73(114)54-108(53-70(88)111)74(115)40-23-18-27-42-96-79(118)67(46-60-49-99-64-37-25-24-36-63(60)64)103-81(120)66(39-29-44-98-87(91)92)102-83(122)69(55-125)105-80(119)65(38-28-43-97-86(89)90)101-71(112)48-62-35-30-45-109(62)85(124)78(76(58-31-19-16-20-32-58)59-33-21-17-22-34-59)107-82(121)68(47-61-50-94-56-100-61)104-84(123)77(57(2)110)106-72(113)51-93-52-75(116)117/h16-17,19-22,24-25,31-34,36-37,49-50,56-57,62,65-69,76-78,93,99,110,125H,3-15,18,23,26-30,35,38-48,51-55H2,1-2H3,(H2,88,111)(H,94,100)(H,95,114)(H,96,118)(H,101,112)(H,102,122)(H,103,120)(H,104,123)(H,105,119)(H,106,113)(H,107,121)(H,116,117)(H4,89,90,97)(H4,91,92,98). The van der Waals surface area contributed by atoms with Crippen LogP contribution in [0.5, 0.6) is 0 Å². The van der Waals surface area contributed by atoms with Gasteiger partial charge in [-0.1, -0.05) is 176 Å². The first-order chi connectivity index (χ1) is 60.2. The number of aliphatic hydroxyl groups is 1. The van der Waals surface area contributed by atoms with Crippen molar-refractivity contribution in [3.63, 3.8) is 0 Å². The van der Waals surface area contributed by atoms with Crippen LogP contribution in [0.25, 0.3) is 10.9 Å². The van der Waals surface area contributed by atoms with Crippen LogP contribution >= 0.6 is 12.6 Å². The number of carboxylic acids is 1. The Morgan fingerprint density at radius 2 is 1.06 bits per heavy atom. The minimum Gasteiger partial charge on any atom is -0.480 e. The molecule has 12 amide bonds. The molecule has 9 atom stereocenters. The third kappa shape index (κ3) is 38.1. The van der Waals surface area contributed by atoms with Gasteiger partial charge in [-0.25, -0.2) is 4.98 Å². The SMILES string of the molecule is CCCCCCCCCCCCCCCCNC(=O)CN(CC(N)=O)C(=O)CCCCCNC(=O)C(Cc1c[nH]c2ccccc12)NC(=O)C(CCCNC(=N)N)NC(=O)C(CS)NC(=O)C(CCCNC(=N)N)NC(=O)CC1CCCN1C(=O)C(NC(=O)C(Cc1cnc[nH]1)NC(=O)C(NC(=O)CNCC(=O)O)C(C)O)C(c1ccccc1)c1ccccc1. The number of imidazole rings is 1. The Kier molecular flexibility index (Phi) is 46.5. The fourth-order valence-electron chi connectivity index (χ4n) is 15.0. The fraction of sp³-hybridized carbons (Fsp3) is 0.563. The number of nitrogens with two attached hydrogens (primary N) is 3. The van der Waals surface area contributed by atoms with Gasteiger partial charge in [-0.3, -0.25) is 78.5 Å². The predicted octanol–water partition coefficient (Wildman–Crippen LogP) is 2.38. The number of benzene rings is 3. The lowest BCUT2D eigenvalue weighted by atomic mass is 9.84. The number of carbonyl (C=O) groups excluding carboxylic acids is 12. The van der Waals surface area contributed by atoms with Crippen molar-refractivity contribution in [3.05, 3.63) is 126 Å². The number of aliphatic carboxylic acids is 1. The summed E-state index contributed by atoms with van der Waals surface area (Å²) in [5.74, 6) is -12.0. The highest BCUT2D eigenvalue weighted by Crippen LogP contribution is 2.32. The first kappa shape index (κ1) is 102. The van der Waals surface area contributed by atoms with E-state index in [1.54, 1.807) is 66.9 Å². The van der Waals surface area contributed by atoms with Crippen LogP contribution in [-0.2, 0) is 75.2 Å². The topological polar surface area (TPSA) is 583 Å². The second kappa shape index (κ2) is 57.0. The van der Waals surface area contributed by atoms with Crippen LogP contribution in [0.4, 0.5) is 0 Å². The quantitative estimate of drug-likeness (QED) is 0.0115. The number of aromatic nitrogens is 3. The number of para-hydroxylation sites is 1. The van der Waals surface area contributed by atoms with E-state index in [9.17, 15) is 57.8 Å². The van der Waals surface area contributed by atoms with Gasteiger partial charge in [-0.05, 0) is 87.5 Å². The smallest absolute Gasteiger partial charge is 0.317 e. The Morgan fingerprint density at radius 1 is 0.544 bits per heavy atom. The summed E-state index contributed by atoms with van der Waals surface area (Å²) in [6.07, 6.45) is 21.1. The van der Waals surface area contributed by atoms with Gasteiger partial charge < -0.3 is 106 Å². The zero-order valence-electron chi connectivity index (χ0n) is 72.0. The van der Waals surface area contributed by atoms with Gasteiger partial charge in [0.15, 0.2) is 11.9 Å². The van der Waals surface area contributed by atoms with Gasteiger partial charge in [-0.15, -0.1) is 0 Å². The number of hydrogen-bond acceptors (Lipinski definition) is 19. The van der Waals surface area contributed by atoms with Gasteiger partial charge in [-0.2, -0.15) is 12.6 Å². The van der Waals surface area contributed by atoms with Crippen LogP contribution in [0.3, 0.4) is 0 Å². The van der Waals surface area contributed by atoms with E-state index in [0.29, 0.717) is 54.6 Å². The summed E-state index contributed by atoms with van der Waals surface area (Å²) >= 11 is 4.45. The van der Waals surface area contributed by atoms with E-state index in [4.69, 9.17) is 33.1 Å². The Morgan fingerprint density at radius 3 is 1.63 bits per heavy atom. The molecule has 2 aromatic heterocycles. The molecule has 1 aliphatic heterocycles. The minimum absolute atomic E-state index is 0.00453. The molecular weight excluding hydrogens is 1630 g/mol. The highest BCUT2D eigenvalue weighted by molar-refractivity contribution is 7.80. The summed E-state index contributed by atoms with van der Waals surface area (Å²) in [6, 6.07) is 14.1. The third-order valence-corrected chi connectivity index (χ3v) is 22.0. The number of nitrogens with one attached hydrogen (secondary N) is 16. The highest BCUT2D eigenvalue weighted by Gasteiger charge is 2.43. The maximum atomic E-state index is 15.8. The van der Waals surface area contributed by atoms with Gasteiger partial charge in [0.2, 0.25) is 70.9 Å². The molecule has 9 unspecified atom stereocenters. The number of aromatic amines is 2. The van der Waals surface area contributed by atoms with Gasteiger partial charge in [0.1, 0.15) is 48.8 Å². The van der Waals surface area contributed by atoms with Gasteiger partial charge in [0.05, 0.1) is 32.1 Å². The monoisotopic (exact) mass is 1760 g/mol. The molecule has 0 spiro atoms. The number of likely N-dealkylation sites (tertiary alicyclic amines) is 1. The van der Waals surface area contributed by atoms with Gasteiger partial charge >= 0.3 is 5.97 Å². The molecule has 5 aromatic rings. The normalized spacial score (nSPS) is 14.3. The van der Waals surface area contributed by atoms with Crippen molar-refractivity contribution >= 4 is 112 Å². The lowest BCUT2D eigenvalue weighted by Gasteiger charge is -2.35. The van der Waals surface area contributed by atoms with Gasteiger partial charge in [0.25, 0.3) is 0 Å². The van der Waals surface area contributed by atoms with Crippen LogP contribution in [0.15, 0.2) is 104 Å². The Hall–Kier alpha value is -11.7. The fourth-order valence-corrected chi connectivity index (χ4v) is 15.3. The Labute approximate surface area is 736 Å². The van der Waals surface area contributed by atoms with Crippen LogP contribution in [0.1, 0.15) is 203 Å². The number of fused-ring (bicyclic) bond motifs is 1. The Bertz CT molecular complexity index is 4200. The number of carbonyl (C=O) groups is 13. The third-order valence-electron chi connectivity index (χ3n) is 21.6. The van der Waals surface area contributed by atoms with Crippen LogP contribution in [0, 0.1) is 10.8 Å². The minimum atomic E-state index is -1.65. The molecule has 1 saturated heterocycles. The molecule has 0 bridgehead atoms. The first-order valence-corrected chi connectivity index (χ1v) is 44.3. The van der Waals surface area contributed by atoms with Crippen molar-refractivity contribution < 1.29 is 72.5 Å². The van der Waals surface area contributed by atoms with E-state index in [2.05, 4.69) is 98.3 Å². The number of thiol groups is 1. The van der Waals surface area contributed by atoms with Crippen molar-refractivity contribution in [2.24, 2.45) is 17.2 Å². The number of amides is 12. The summed E-state index contributed by atoms with van der Waals surface area (Å²) in [7, 11) is 0. The second-order valence-electron chi connectivity index (χ2n) is 31.7. The number of nitrogens with zero attached hydrogens (tertiary/aromatic N) is 3. The number of hydrogen-bond donors (Lipinski definition) is 22. The zero-order valence-corrected chi connectivity index (χ0v) is 72.9. The molecule has 37 nitrogen and oxygen atoms in total. The van der Waals surface area contributed by atoms with Crippen LogP contribution in [0.2, 0.25) is 0 Å². The maximum absolute atomic E-state index is 15.8. The van der Waals surface area contributed by atoms with Crippen molar-refractivity contribution in [3.8, 4) is 0 Å². The van der Waals surface area contributed by atoms with Crippen LogP contribution in [-0.4, -0.2) is 243 Å². The number of rotatable bonds is 62. The van der Waals surface area contributed by atoms with E-state index in [-0.39, 0.29) is 108 Å². The summed E-state index contributed by atoms with van der Waals surface area (Å²) < 4.78 is 0. The van der Waals surface area contributed by atoms with Crippen molar-refractivity contribution in [2.75, 3.05) is 64.7 Å². The maximum Gasteiger partial charge on any atom is 0.317 e. The molecular formula is C87H132N22O15S. The average Bonchev–Trinajstić information content (AvgIpc) is 1.77. The lowest BCUT2D eigenvalue weighted by Crippen LogP contribution is -2.61. The molecule has 0 radical (unpaired) electrons. The largest absolute Gasteiger partial charge is 0.480 e. The molecule has 3 aromatic carbocycles. The summed E-state index contributed by atoms with van der Waals surface area (Å²) in [5.41, 5.74) is 19.7. The number of unbranched alkanes of at least 4 members (excludes halogenated alkanes) is 15. The number of carboxylic acid groups (broad SMARTS) is 1. The zero-order chi connectivity index (χ0) is 90.8. The lowest BCUT2D eigenvalue weighted by molar-refractivity contribution is -0.140. The molecule has 1 fully saturated rings. The molecule has 38 heteroatoms. The second-order valence-corrected chi connectivity index (χ2v) is 32.1. The molecule has 3 heterocycles. The Balaban J connectivity index is 1.13. The molecule has 1 aliphatic rings. The highest BCUT2D eigenvalue weighted by atomic mass is 32.1. The molecule has 24 N–H and O–H groups in total. The van der Waals surface area contributed by atoms with Crippen molar-refractivity contribution in [1.82, 2.24) is 88.6 Å². The number of aliphatic hydroxyl groups excluding tert-OH is 1. The number of H-pyrrole nitrogens is 2. The van der Waals surface area contributed by atoms with E-state index in [1.165, 1.54) is 88.6 Å². The molecule has 6 rings (SSSR count). The summed E-state index contributed by atoms with van der Waals surface area (Å²) in [6.45, 7) is 2.40. The van der Waals surface area contributed by atoms with E-state index >= 15 is 9.59 Å². The van der Waals surface area contributed by atoms with E-state index in [1.807, 2.05) is 24.3 Å². The summed E-state index contributed by atoms with van der Waals surface area (Å²) in [4.78, 5) is 194. The number of guanidine groups is 2. The first-order valence-electron chi connectivity index (χ1n) is 43.7. The van der Waals surface area contributed by atoms with Crippen molar-refractivity contribution in [2.45, 2.75) is 248 Å². The van der Waals surface area contributed by atoms with Gasteiger partial charge in [0, 0.05) is 105 Å². The average molecular weight is 1760 g/mol. The van der Waals surface area contributed by atoms with Crippen LogP contribution < -0.4 is 81.0 Å². The molecule has 686 valence electrons.